The third-order valence-corrected chi connectivity index (χ3v) is 5.18. The van der Waals surface area contributed by atoms with E-state index >= 15 is 0 Å². The van der Waals surface area contributed by atoms with Crippen LogP contribution in [0.4, 0.5) is 11.4 Å². The molecule has 8 heteroatoms. The van der Waals surface area contributed by atoms with Gasteiger partial charge in [0.1, 0.15) is 5.69 Å². The van der Waals surface area contributed by atoms with E-state index in [1.807, 2.05) is 4.90 Å². The molecule has 140 valence electrons. The summed E-state index contributed by atoms with van der Waals surface area (Å²) in [7, 11) is 1.36. The molecule has 26 heavy (non-hydrogen) atoms. The van der Waals surface area contributed by atoms with E-state index in [2.05, 4.69) is 0 Å². The van der Waals surface area contributed by atoms with Gasteiger partial charge in [-0.3, -0.25) is 19.7 Å². The molecule has 0 aliphatic carbocycles. The van der Waals surface area contributed by atoms with Crippen molar-refractivity contribution in [3.05, 3.63) is 33.9 Å². The zero-order valence-corrected chi connectivity index (χ0v) is 14.8. The van der Waals surface area contributed by atoms with Gasteiger partial charge in [-0.2, -0.15) is 0 Å². The van der Waals surface area contributed by atoms with Gasteiger partial charge in [0.05, 0.1) is 18.0 Å². The summed E-state index contributed by atoms with van der Waals surface area (Å²) in [5, 5.41) is 11.5. The number of nitro groups is 1. The molecule has 1 aromatic rings. The number of anilines is 1. The molecule has 0 unspecified atom stereocenters. The SMILES string of the molecule is COC(=O)C1CCN(C(=O)c2ccc(N3CCCC3)c([N+](=O)[O-])c2)CC1. The number of carbonyl (C=O) groups excluding carboxylic acids is 2. The van der Waals surface area contributed by atoms with E-state index in [0.717, 1.165) is 25.9 Å². The van der Waals surface area contributed by atoms with Crippen LogP contribution < -0.4 is 4.90 Å². The molecular weight excluding hydrogens is 338 g/mol. The first-order valence-corrected chi connectivity index (χ1v) is 8.91. The molecule has 2 aliphatic heterocycles. The molecule has 1 aromatic carbocycles. The van der Waals surface area contributed by atoms with Gasteiger partial charge in [0.2, 0.25) is 0 Å². The monoisotopic (exact) mass is 361 g/mol. The van der Waals surface area contributed by atoms with E-state index in [9.17, 15) is 19.7 Å². The highest BCUT2D eigenvalue weighted by Gasteiger charge is 2.30. The third-order valence-electron chi connectivity index (χ3n) is 5.18. The average molecular weight is 361 g/mol. The minimum atomic E-state index is -0.423. The quantitative estimate of drug-likeness (QED) is 0.464. The summed E-state index contributed by atoms with van der Waals surface area (Å²) in [6.45, 7) is 2.49. The number of nitrogens with zero attached hydrogens (tertiary/aromatic N) is 3. The maximum Gasteiger partial charge on any atom is 0.308 e. The van der Waals surface area contributed by atoms with Crippen LogP contribution in [-0.2, 0) is 9.53 Å². The molecule has 3 rings (SSSR count). The van der Waals surface area contributed by atoms with E-state index in [1.165, 1.54) is 13.2 Å². The van der Waals surface area contributed by atoms with E-state index in [0.29, 0.717) is 37.2 Å². The van der Waals surface area contributed by atoms with Gasteiger partial charge in [-0.15, -0.1) is 0 Å². The second-order valence-electron chi connectivity index (χ2n) is 6.74. The van der Waals surface area contributed by atoms with Crippen molar-refractivity contribution in [3.63, 3.8) is 0 Å². The van der Waals surface area contributed by atoms with Crippen LogP contribution in [0.5, 0.6) is 0 Å². The fraction of sp³-hybridized carbons (Fsp3) is 0.556. The fourth-order valence-corrected chi connectivity index (χ4v) is 3.70. The van der Waals surface area contributed by atoms with Crippen molar-refractivity contribution in [2.24, 2.45) is 5.92 Å². The minimum Gasteiger partial charge on any atom is -0.469 e. The van der Waals surface area contributed by atoms with Crippen LogP contribution in [0.15, 0.2) is 18.2 Å². The Morgan fingerprint density at radius 2 is 1.81 bits per heavy atom. The van der Waals surface area contributed by atoms with Crippen LogP contribution in [0.3, 0.4) is 0 Å². The summed E-state index contributed by atoms with van der Waals surface area (Å²) in [4.78, 5) is 39.0. The molecule has 1 amide bonds. The lowest BCUT2D eigenvalue weighted by molar-refractivity contribution is -0.384. The van der Waals surface area contributed by atoms with Gasteiger partial charge in [-0.25, -0.2) is 0 Å². The van der Waals surface area contributed by atoms with Crippen molar-refractivity contribution in [1.29, 1.82) is 0 Å². The molecule has 8 nitrogen and oxygen atoms in total. The van der Waals surface area contributed by atoms with E-state index in [-0.39, 0.29) is 23.5 Å². The topological polar surface area (TPSA) is 93.0 Å². The molecule has 2 heterocycles. The molecule has 0 saturated carbocycles. The van der Waals surface area contributed by atoms with Crippen LogP contribution >= 0.6 is 0 Å². The lowest BCUT2D eigenvalue weighted by atomic mass is 9.96. The van der Waals surface area contributed by atoms with Crippen molar-refractivity contribution < 1.29 is 19.2 Å². The summed E-state index contributed by atoms with van der Waals surface area (Å²) >= 11 is 0. The Morgan fingerprint density at radius 1 is 1.15 bits per heavy atom. The third kappa shape index (κ3) is 3.63. The Morgan fingerprint density at radius 3 is 2.38 bits per heavy atom. The maximum absolute atomic E-state index is 12.7. The van der Waals surface area contributed by atoms with Gasteiger partial charge in [0.25, 0.3) is 11.6 Å². The highest BCUT2D eigenvalue weighted by atomic mass is 16.6. The lowest BCUT2D eigenvalue weighted by Crippen LogP contribution is -2.40. The number of hydrogen-bond acceptors (Lipinski definition) is 6. The van der Waals surface area contributed by atoms with Gasteiger partial charge in [-0.1, -0.05) is 0 Å². The maximum atomic E-state index is 12.7. The molecule has 0 spiro atoms. The first-order valence-electron chi connectivity index (χ1n) is 8.91. The standard InChI is InChI=1S/C18H23N3O5/c1-26-18(23)13-6-10-20(11-7-13)17(22)14-4-5-15(16(12-14)21(24)25)19-8-2-3-9-19/h4-5,12-13H,2-3,6-11H2,1H3. The Hall–Kier alpha value is -2.64. The number of nitro benzene ring substituents is 1. The summed E-state index contributed by atoms with van der Waals surface area (Å²) in [5.74, 6) is -0.664. The number of amides is 1. The van der Waals surface area contributed by atoms with Crippen molar-refractivity contribution >= 4 is 23.3 Å². The smallest absolute Gasteiger partial charge is 0.308 e. The Labute approximate surface area is 151 Å². The minimum absolute atomic E-state index is 0.0257. The van der Waals surface area contributed by atoms with Gasteiger partial charge < -0.3 is 14.5 Å². The number of esters is 1. The Bertz CT molecular complexity index is 707. The largest absolute Gasteiger partial charge is 0.469 e. The predicted octanol–water partition coefficient (Wildman–Crippen LogP) is 2.22. The zero-order chi connectivity index (χ0) is 18.7. The van der Waals surface area contributed by atoms with Crippen LogP contribution in [-0.4, -0.2) is 55.0 Å². The van der Waals surface area contributed by atoms with E-state index in [1.54, 1.807) is 17.0 Å². The highest BCUT2D eigenvalue weighted by Crippen LogP contribution is 2.32. The number of benzene rings is 1. The van der Waals surface area contributed by atoms with Crippen LogP contribution in [0.1, 0.15) is 36.0 Å². The van der Waals surface area contributed by atoms with E-state index < -0.39 is 4.92 Å². The molecule has 2 aliphatic rings. The summed E-state index contributed by atoms with van der Waals surface area (Å²) in [6.07, 6.45) is 3.14. The van der Waals surface area contributed by atoms with Crippen molar-refractivity contribution in [2.45, 2.75) is 25.7 Å². The molecule has 0 radical (unpaired) electrons. The zero-order valence-electron chi connectivity index (χ0n) is 14.8. The fourth-order valence-electron chi connectivity index (χ4n) is 3.70. The predicted molar refractivity (Wildman–Crippen MR) is 95.2 cm³/mol. The number of piperidine rings is 1. The number of carbonyl (C=O) groups is 2. The first-order chi connectivity index (χ1) is 12.5. The van der Waals surface area contributed by atoms with Crippen molar-refractivity contribution in [3.8, 4) is 0 Å². The summed E-state index contributed by atoms with van der Waals surface area (Å²) < 4.78 is 4.75. The molecule has 0 bridgehead atoms. The lowest BCUT2D eigenvalue weighted by Gasteiger charge is -2.30. The Balaban J connectivity index is 1.74. The second-order valence-corrected chi connectivity index (χ2v) is 6.74. The van der Waals surface area contributed by atoms with Crippen molar-refractivity contribution in [1.82, 2.24) is 4.90 Å². The Kier molecular flexibility index (Phi) is 5.39. The number of methoxy groups -OCH3 is 1. The van der Waals surface area contributed by atoms with E-state index in [4.69, 9.17) is 4.74 Å². The molecule has 0 N–H and O–H groups in total. The van der Waals surface area contributed by atoms with Crippen LogP contribution in [0.25, 0.3) is 0 Å². The van der Waals surface area contributed by atoms with Crippen LogP contribution in [0, 0.1) is 16.0 Å². The summed E-state index contributed by atoms with van der Waals surface area (Å²) in [6, 6.07) is 4.72. The van der Waals surface area contributed by atoms with Crippen molar-refractivity contribution in [2.75, 3.05) is 38.2 Å². The number of hydrogen-bond donors (Lipinski definition) is 0. The molecular formula is C18H23N3O5. The molecule has 2 saturated heterocycles. The summed E-state index contributed by atoms with van der Waals surface area (Å²) in [5.41, 5.74) is 0.867. The molecule has 2 fully saturated rings. The van der Waals surface area contributed by atoms with Gasteiger partial charge in [-0.05, 0) is 37.8 Å². The van der Waals surface area contributed by atoms with Crippen LogP contribution in [0.2, 0.25) is 0 Å². The highest BCUT2D eigenvalue weighted by molar-refractivity contribution is 5.96. The number of ether oxygens (including phenoxy) is 1. The second kappa shape index (κ2) is 7.72. The van der Waals surface area contributed by atoms with Gasteiger partial charge in [0, 0.05) is 37.8 Å². The van der Waals surface area contributed by atoms with Gasteiger partial charge in [0.15, 0.2) is 0 Å². The first kappa shape index (κ1) is 18.2. The average Bonchev–Trinajstić information content (AvgIpc) is 3.21. The molecule has 0 atom stereocenters. The number of rotatable bonds is 4. The van der Waals surface area contributed by atoms with Gasteiger partial charge >= 0.3 is 5.97 Å². The normalized spacial score (nSPS) is 18.0. The number of likely N-dealkylation sites (tertiary alicyclic amines) is 1. The molecule has 0 aromatic heterocycles.